The van der Waals surface area contributed by atoms with Gasteiger partial charge in [-0.2, -0.15) is 9.40 Å². The van der Waals surface area contributed by atoms with Gasteiger partial charge in [0.05, 0.1) is 11.6 Å². The second kappa shape index (κ2) is 6.09. The summed E-state index contributed by atoms with van der Waals surface area (Å²) in [6, 6.07) is 0. The number of piperidine rings is 1. The first-order valence-corrected chi connectivity index (χ1v) is 10.7. The summed E-state index contributed by atoms with van der Waals surface area (Å²) >= 11 is 0. The molecule has 8 heteroatoms. The summed E-state index contributed by atoms with van der Waals surface area (Å²) < 4.78 is 28.9. The van der Waals surface area contributed by atoms with Crippen molar-refractivity contribution in [1.82, 2.24) is 19.0 Å². The summed E-state index contributed by atoms with van der Waals surface area (Å²) in [5, 5.41) is 4.08. The average molecular weight is 366 g/mol. The number of nitrogens with zero attached hydrogens (tertiary/aromatic N) is 4. The van der Waals surface area contributed by atoms with Crippen LogP contribution in [0.5, 0.6) is 0 Å². The van der Waals surface area contributed by atoms with Crippen LogP contribution >= 0.6 is 0 Å². The third-order valence-corrected chi connectivity index (χ3v) is 7.69. The average Bonchev–Trinajstić information content (AvgIpc) is 3.12. The number of rotatable bonds is 5. The second-order valence-electron chi connectivity index (χ2n) is 7.70. The summed E-state index contributed by atoms with van der Waals surface area (Å²) in [4.78, 5) is 15.3. The van der Waals surface area contributed by atoms with Gasteiger partial charge >= 0.3 is 0 Å². The summed E-state index contributed by atoms with van der Waals surface area (Å²) in [6.07, 6.45) is 7.83. The van der Waals surface area contributed by atoms with E-state index in [4.69, 9.17) is 0 Å². The number of hydrogen-bond acceptors (Lipinski definition) is 4. The third-order valence-electron chi connectivity index (χ3n) is 5.89. The highest BCUT2D eigenvalue weighted by Gasteiger charge is 2.51. The van der Waals surface area contributed by atoms with Crippen LogP contribution in [0.15, 0.2) is 17.3 Å². The van der Waals surface area contributed by atoms with Crippen molar-refractivity contribution in [3.05, 3.63) is 12.4 Å². The molecule has 1 aromatic rings. The quantitative estimate of drug-likeness (QED) is 0.787. The minimum atomic E-state index is -3.58. The van der Waals surface area contributed by atoms with Crippen LogP contribution in [0.25, 0.3) is 0 Å². The van der Waals surface area contributed by atoms with Crippen molar-refractivity contribution in [2.45, 2.75) is 50.5 Å². The van der Waals surface area contributed by atoms with E-state index in [-0.39, 0.29) is 10.8 Å². The molecule has 1 amide bonds. The minimum absolute atomic E-state index is 0.174. The van der Waals surface area contributed by atoms with Gasteiger partial charge in [-0.05, 0) is 44.9 Å². The Hall–Kier alpha value is -1.41. The Morgan fingerprint density at radius 3 is 2.76 bits per heavy atom. The van der Waals surface area contributed by atoms with E-state index in [1.165, 1.54) is 23.3 Å². The molecule has 0 bridgehead atoms. The highest BCUT2D eigenvalue weighted by atomic mass is 32.2. The van der Waals surface area contributed by atoms with Crippen LogP contribution in [0.2, 0.25) is 0 Å². The molecule has 0 radical (unpaired) electrons. The Bertz CT molecular complexity index is 771. The fourth-order valence-electron chi connectivity index (χ4n) is 4.16. The number of sulfonamides is 1. The number of hydrogen-bond donors (Lipinski definition) is 0. The summed E-state index contributed by atoms with van der Waals surface area (Å²) in [7, 11) is -3.58. The predicted molar refractivity (Wildman–Crippen MR) is 92.2 cm³/mol. The normalized spacial score (nSPS) is 28.2. The molecule has 3 fully saturated rings. The van der Waals surface area contributed by atoms with Gasteiger partial charge < -0.3 is 4.90 Å². The van der Waals surface area contributed by atoms with Crippen LogP contribution in [0.1, 0.15) is 39.0 Å². The largest absolute Gasteiger partial charge is 0.342 e. The van der Waals surface area contributed by atoms with Gasteiger partial charge in [-0.15, -0.1) is 0 Å². The minimum Gasteiger partial charge on any atom is -0.342 e. The van der Waals surface area contributed by atoms with E-state index in [0.717, 1.165) is 25.9 Å². The van der Waals surface area contributed by atoms with Gasteiger partial charge in [0.25, 0.3) is 0 Å². The van der Waals surface area contributed by atoms with Gasteiger partial charge in [0.15, 0.2) is 0 Å². The molecule has 0 aromatic carbocycles. The molecular formula is C17H26N4O3S. The molecule has 1 saturated carbocycles. The van der Waals surface area contributed by atoms with E-state index >= 15 is 0 Å². The van der Waals surface area contributed by atoms with Crippen LogP contribution in [0.4, 0.5) is 0 Å². The zero-order chi connectivity index (χ0) is 17.7. The summed E-state index contributed by atoms with van der Waals surface area (Å²) in [6.45, 7) is 4.97. The van der Waals surface area contributed by atoms with Gasteiger partial charge in [-0.25, -0.2) is 8.42 Å². The Morgan fingerprint density at radius 2 is 2.08 bits per heavy atom. The summed E-state index contributed by atoms with van der Waals surface area (Å²) in [5.41, 5.74) is -0.513. The monoisotopic (exact) mass is 366 g/mol. The van der Waals surface area contributed by atoms with E-state index in [0.29, 0.717) is 32.0 Å². The van der Waals surface area contributed by atoms with Gasteiger partial charge in [-0.3, -0.25) is 9.48 Å². The fraction of sp³-hybridized carbons (Fsp3) is 0.765. The summed E-state index contributed by atoms with van der Waals surface area (Å²) in [5.74, 6) is 0.841. The topological polar surface area (TPSA) is 75.5 Å². The number of carbonyl (C=O) groups excluding carboxylic acids is 1. The maximum Gasteiger partial charge on any atom is 0.246 e. The number of amides is 1. The first kappa shape index (κ1) is 17.0. The molecule has 138 valence electrons. The SMILES string of the molecule is CCn1cc(S(=O)(=O)N2CCC3(CCCN(CC4CC4)C3=O)C2)cn1. The van der Waals surface area contributed by atoms with Crippen LogP contribution < -0.4 is 0 Å². The van der Waals surface area contributed by atoms with Crippen LogP contribution in [0, 0.1) is 11.3 Å². The van der Waals surface area contributed by atoms with E-state index in [1.807, 2.05) is 11.8 Å². The Balaban J connectivity index is 1.52. The zero-order valence-electron chi connectivity index (χ0n) is 14.7. The first-order valence-electron chi connectivity index (χ1n) is 9.27. The molecule has 1 aromatic heterocycles. The van der Waals surface area contributed by atoms with Gasteiger partial charge in [0, 0.05) is 38.9 Å². The van der Waals surface area contributed by atoms with Gasteiger partial charge in [0.2, 0.25) is 15.9 Å². The second-order valence-corrected chi connectivity index (χ2v) is 9.64. The molecule has 2 aliphatic heterocycles. The molecule has 7 nitrogen and oxygen atoms in total. The van der Waals surface area contributed by atoms with Gasteiger partial charge in [-0.1, -0.05) is 0 Å². The Labute approximate surface area is 149 Å². The highest BCUT2D eigenvalue weighted by Crippen LogP contribution is 2.43. The lowest BCUT2D eigenvalue weighted by molar-refractivity contribution is -0.145. The van der Waals surface area contributed by atoms with E-state index in [2.05, 4.69) is 5.10 Å². The van der Waals surface area contributed by atoms with Crippen molar-refractivity contribution >= 4 is 15.9 Å². The van der Waals surface area contributed by atoms with Crippen molar-refractivity contribution in [1.29, 1.82) is 0 Å². The maximum atomic E-state index is 13.1. The van der Waals surface area contributed by atoms with Crippen molar-refractivity contribution in [3.8, 4) is 0 Å². The molecule has 3 heterocycles. The predicted octanol–water partition coefficient (Wildman–Crippen LogP) is 1.32. The molecule has 1 aliphatic carbocycles. The molecular weight excluding hydrogens is 340 g/mol. The molecule has 2 saturated heterocycles. The maximum absolute atomic E-state index is 13.1. The van der Waals surface area contributed by atoms with Crippen molar-refractivity contribution < 1.29 is 13.2 Å². The van der Waals surface area contributed by atoms with Crippen molar-refractivity contribution in [2.24, 2.45) is 11.3 Å². The van der Waals surface area contributed by atoms with Crippen molar-refractivity contribution in [3.63, 3.8) is 0 Å². The molecule has 1 unspecified atom stereocenters. The lowest BCUT2D eigenvalue weighted by Crippen LogP contribution is -2.50. The molecule has 25 heavy (non-hydrogen) atoms. The van der Waals surface area contributed by atoms with E-state index in [1.54, 1.807) is 10.9 Å². The lowest BCUT2D eigenvalue weighted by Gasteiger charge is -2.39. The molecule has 4 rings (SSSR count). The molecule has 3 aliphatic rings. The number of carbonyl (C=O) groups is 1. The molecule has 0 N–H and O–H groups in total. The van der Waals surface area contributed by atoms with E-state index < -0.39 is 15.4 Å². The number of aryl methyl sites for hydroxylation is 1. The lowest BCUT2D eigenvalue weighted by atomic mass is 9.78. The molecule has 1 atom stereocenters. The van der Waals surface area contributed by atoms with Gasteiger partial charge in [0.1, 0.15) is 4.90 Å². The number of likely N-dealkylation sites (tertiary alicyclic amines) is 1. The van der Waals surface area contributed by atoms with Crippen LogP contribution in [-0.4, -0.2) is 59.5 Å². The standard InChI is InChI=1S/C17H26N4O3S/c1-2-20-12-15(10-18-20)25(23,24)21-9-7-17(13-21)6-3-8-19(16(17)22)11-14-4-5-14/h10,12,14H,2-9,11,13H2,1H3. The highest BCUT2D eigenvalue weighted by molar-refractivity contribution is 7.89. The van der Waals surface area contributed by atoms with Crippen LogP contribution in [-0.2, 0) is 21.4 Å². The zero-order valence-corrected chi connectivity index (χ0v) is 15.5. The molecule has 1 spiro atoms. The smallest absolute Gasteiger partial charge is 0.246 e. The van der Waals surface area contributed by atoms with Crippen LogP contribution in [0.3, 0.4) is 0 Å². The first-order chi connectivity index (χ1) is 11.9. The Morgan fingerprint density at radius 1 is 1.28 bits per heavy atom. The Kier molecular flexibility index (Phi) is 4.15. The van der Waals surface area contributed by atoms with E-state index in [9.17, 15) is 13.2 Å². The number of aromatic nitrogens is 2. The van der Waals surface area contributed by atoms with Crippen molar-refractivity contribution in [2.75, 3.05) is 26.2 Å². The third kappa shape index (κ3) is 2.99. The fourth-order valence-corrected chi connectivity index (χ4v) is 5.64.